The largest absolute Gasteiger partial charge is 0.414 e. The average molecular weight is 190 g/mol. The molecule has 0 aromatic carbocycles. The SMILES string of the molecule is CNO/C(C)=C/C(=N)/C(Cl)=C/N. The molecule has 68 valence electrons. The zero-order valence-electron chi connectivity index (χ0n) is 7.02. The van der Waals surface area contributed by atoms with Crippen LogP contribution in [0.4, 0.5) is 0 Å². The van der Waals surface area contributed by atoms with Crippen LogP contribution in [0.25, 0.3) is 0 Å². The number of halogens is 1. The van der Waals surface area contributed by atoms with Crippen molar-refractivity contribution in [3.05, 3.63) is 23.1 Å². The molecular weight excluding hydrogens is 178 g/mol. The third-order valence-electron chi connectivity index (χ3n) is 1.01. The second kappa shape index (κ2) is 5.62. The molecule has 0 aromatic rings. The smallest absolute Gasteiger partial charge is 0.123 e. The summed E-state index contributed by atoms with van der Waals surface area (Å²) >= 11 is 5.55. The van der Waals surface area contributed by atoms with E-state index in [1.54, 1.807) is 14.0 Å². The highest BCUT2D eigenvalue weighted by Crippen LogP contribution is 2.04. The lowest BCUT2D eigenvalue weighted by Crippen LogP contribution is -2.06. The van der Waals surface area contributed by atoms with Crippen molar-refractivity contribution < 1.29 is 4.84 Å². The van der Waals surface area contributed by atoms with E-state index in [2.05, 4.69) is 5.48 Å². The van der Waals surface area contributed by atoms with Crippen molar-refractivity contribution in [2.75, 3.05) is 7.05 Å². The molecule has 0 unspecified atom stereocenters. The van der Waals surface area contributed by atoms with E-state index in [1.165, 1.54) is 6.08 Å². The second-order valence-electron chi connectivity index (χ2n) is 1.99. The van der Waals surface area contributed by atoms with Gasteiger partial charge in [0.05, 0.1) is 10.7 Å². The molecule has 0 aliphatic rings. The molecule has 0 radical (unpaired) electrons. The van der Waals surface area contributed by atoms with Gasteiger partial charge < -0.3 is 10.6 Å². The summed E-state index contributed by atoms with van der Waals surface area (Å²) in [5.41, 5.74) is 7.69. The molecule has 0 spiro atoms. The number of nitrogens with two attached hydrogens (primary N) is 1. The predicted molar refractivity (Wildman–Crippen MR) is 49.8 cm³/mol. The van der Waals surface area contributed by atoms with Crippen molar-refractivity contribution in [1.29, 1.82) is 5.41 Å². The highest BCUT2D eigenvalue weighted by Gasteiger charge is 1.98. The normalized spacial score (nSPS) is 12.9. The Kier molecular flexibility index (Phi) is 5.16. The van der Waals surface area contributed by atoms with Crippen LogP contribution in [0.5, 0.6) is 0 Å². The van der Waals surface area contributed by atoms with E-state index in [9.17, 15) is 0 Å². The quantitative estimate of drug-likeness (QED) is 0.352. The van der Waals surface area contributed by atoms with Crippen LogP contribution in [0.3, 0.4) is 0 Å². The summed E-state index contributed by atoms with van der Waals surface area (Å²) in [7, 11) is 1.63. The minimum Gasteiger partial charge on any atom is -0.414 e. The van der Waals surface area contributed by atoms with Gasteiger partial charge in [0.1, 0.15) is 5.76 Å². The Balaban J connectivity index is 4.24. The summed E-state index contributed by atoms with van der Waals surface area (Å²) in [5.74, 6) is 0.544. The van der Waals surface area contributed by atoms with E-state index in [-0.39, 0.29) is 10.7 Å². The Hall–Kier alpha value is -1.00. The standard InChI is InChI=1S/C7H12ClN3O/c1-5(12-11-2)3-7(10)6(8)4-9/h3-4,10-11H,9H2,1-2H3/b5-3+,6-4-,10-7?. The first kappa shape index (κ1) is 11.0. The molecule has 0 aromatic heterocycles. The van der Waals surface area contributed by atoms with Crippen molar-refractivity contribution in [1.82, 2.24) is 5.48 Å². The molecule has 5 heteroatoms. The van der Waals surface area contributed by atoms with Gasteiger partial charge in [-0.15, -0.1) is 0 Å². The van der Waals surface area contributed by atoms with Crippen LogP contribution in [-0.2, 0) is 4.84 Å². The lowest BCUT2D eigenvalue weighted by atomic mass is 10.3. The third kappa shape index (κ3) is 4.00. The van der Waals surface area contributed by atoms with Crippen LogP contribution in [-0.4, -0.2) is 12.8 Å². The number of nitrogens with one attached hydrogen (secondary N) is 2. The topological polar surface area (TPSA) is 71.1 Å². The molecule has 0 rings (SSSR count). The Morgan fingerprint density at radius 3 is 2.67 bits per heavy atom. The maximum atomic E-state index is 7.34. The summed E-state index contributed by atoms with van der Waals surface area (Å²) in [6.07, 6.45) is 2.62. The van der Waals surface area contributed by atoms with Crippen LogP contribution in [0.2, 0.25) is 0 Å². The molecule has 0 saturated carbocycles. The summed E-state index contributed by atoms with van der Waals surface area (Å²) in [5, 5.41) is 7.53. The number of rotatable bonds is 4. The maximum Gasteiger partial charge on any atom is 0.123 e. The van der Waals surface area contributed by atoms with Crippen LogP contribution in [0.15, 0.2) is 23.1 Å². The summed E-state index contributed by atoms with van der Waals surface area (Å²) in [6, 6.07) is 0. The fourth-order valence-corrected chi connectivity index (χ4v) is 0.607. The van der Waals surface area contributed by atoms with E-state index < -0.39 is 0 Å². The highest BCUT2D eigenvalue weighted by molar-refractivity contribution is 6.44. The van der Waals surface area contributed by atoms with E-state index in [0.717, 1.165) is 6.20 Å². The number of allylic oxidation sites excluding steroid dienone is 3. The predicted octanol–water partition coefficient (Wildman–Crippen LogP) is 1.10. The monoisotopic (exact) mass is 189 g/mol. The first-order valence-electron chi connectivity index (χ1n) is 3.30. The Bertz CT molecular complexity index is 223. The zero-order chi connectivity index (χ0) is 9.56. The molecule has 0 aliphatic carbocycles. The zero-order valence-corrected chi connectivity index (χ0v) is 7.77. The van der Waals surface area contributed by atoms with Gasteiger partial charge in [0.2, 0.25) is 0 Å². The van der Waals surface area contributed by atoms with Gasteiger partial charge in [0.25, 0.3) is 0 Å². The molecule has 4 nitrogen and oxygen atoms in total. The van der Waals surface area contributed by atoms with Crippen molar-refractivity contribution in [3.8, 4) is 0 Å². The Morgan fingerprint density at radius 2 is 2.25 bits per heavy atom. The highest BCUT2D eigenvalue weighted by atomic mass is 35.5. The van der Waals surface area contributed by atoms with Crippen LogP contribution in [0.1, 0.15) is 6.92 Å². The van der Waals surface area contributed by atoms with Crippen molar-refractivity contribution >= 4 is 17.3 Å². The molecule has 12 heavy (non-hydrogen) atoms. The van der Waals surface area contributed by atoms with Crippen molar-refractivity contribution in [2.45, 2.75) is 6.92 Å². The number of hydroxylamine groups is 1. The average Bonchev–Trinajstić information content (AvgIpc) is 2.03. The van der Waals surface area contributed by atoms with Gasteiger partial charge in [0, 0.05) is 19.3 Å². The number of hydrogen-bond acceptors (Lipinski definition) is 4. The van der Waals surface area contributed by atoms with Gasteiger partial charge in [0.15, 0.2) is 0 Å². The van der Waals surface area contributed by atoms with Crippen molar-refractivity contribution in [3.63, 3.8) is 0 Å². The van der Waals surface area contributed by atoms with Crippen LogP contribution >= 0.6 is 11.6 Å². The van der Waals surface area contributed by atoms with Gasteiger partial charge in [-0.1, -0.05) is 11.6 Å². The molecule has 0 bridgehead atoms. The summed E-state index contributed by atoms with van der Waals surface area (Å²) in [6.45, 7) is 1.70. The summed E-state index contributed by atoms with van der Waals surface area (Å²) in [4.78, 5) is 4.85. The molecule has 0 aliphatic heterocycles. The molecule has 0 amide bonds. The van der Waals surface area contributed by atoms with Crippen LogP contribution in [0, 0.1) is 5.41 Å². The first-order valence-corrected chi connectivity index (χ1v) is 3.67. The lowest BCUT2D eigenvalue weighted by molar-refractivity contribution is 0.128. The fourth-order valence-electron chi connectivity index (χ4n) is 0.552. The van der Waals surface area contributed by atoms with Gasteiger partial charge in [-0.3, -0.25) is 5.41 Å². The summed E-state index contributed by atoms with van der Waals surface area (Å²) < 4.78 is 0. The fraction of sp³-hybridized carbons (Fsp3) is 0.286. The molecule has 4 N–H and O–H groups in total. The molecule has 0 heterocycles. The van der Waals surface area contributed by atoms with Gasteiger partial charge in [-0.2, -0.15) is 5.48 Å². The molecule has 0 fully saturated rings. The van der Waals surface area contributed by atoms with E-state index >= 15 is 0 Å². The van der Waals surface area contributed by atoms with Gasteiger partial charge in [-0.25, -0.2) is 0 Å². The lowest BCUT2D eigenvalue weighted by Gasteiger charge is -2.02. The van der Waals surface area contributed by atoms with Gasteiger partial charge >= 0.3 is 0 Å². The second-order valence-corrected chi connectivity index (χ2v) is 2.40. The first-order chi connectivity index (χ1) is 5.61. The third-order valence-corrected chi connectivity index (χ3v) is 1.34. The van der Waals surface area contributed by atoms with E-state index in [4.69, 9.17) is 27.6 Å². The van der Waals surface area contributed by atoms with Gasteiger partial charge in [-0.05, 0) is 6.92 Å². The maximum absolute atomic E-state index is 7.34. The van der Waals surface area contributed by atoms with E-state index in [0.29, 0.717) is 5.76 Å². The van der Waals surface area contributed by atoms with Crippen molar-refractivity contribution in [2.24, 2.45) is 5.73 Å². The minimum absolute atomic E-state index is 0.118. The molecular formula is C7H12ClN3O. The Morgan fingerprint density at radius 1 is 1.67 bits per heavy atom. The van der Waals surface area contributed by atoms with E-state index in [1.807, 2.05) is 0 Å². The number of hydrogen-bond donors (Lipinski definition) is 3. The molecule has 0 atom stereocenters. The van der Waals surface area contributed by atoms with Crippen LogP contribution < -0.4 is 11.2 Å². The Labute approximate surface area is 76.5 Å². The minimum atomic E-state index is 0.118. The molecule has 0 saturated heterocycles.